The van der Waals surface area contributed by atoms with E-state index in [0.29, 0.717) is 6.42 Å². The normalized spacial score (nSPS) is 13.9. The zero-order valence-electron chi connectivity index (χ0n) is 13.4. The molecule has 23 heavy (non-hydrogen) atoms. The van der Waals surface area contributed by atoms with Crippen molar-refractivity contribution in [3.8, 4) is 5.75 Å². The van der Waals surface area contributed by atoms with Gasteiger partial charge >= 0.3 is 0 Å². The van der Waals surface area contributed by atoms with Crippen LogP contribution in [0.1, 0.15) is 18.4 Å². The fourth-order valence-electron chi connectivity index (χ4n) is 2.86. The highest BCUT2D eigenvalue weighted by molar-refractivity contribution is 5.92. The minimum atomic E-state index is -0.0101. The van der Waals surface area contributed by atoms with Gasteiger partial charge in [0.1, 0.15) is 5.75 Å². The maximum atomic E-state index is 12.1. The summed E-state index contributed by atoms with van der Waals surface area (Å²) in [5.74, 6) is 0.768. The molecule has 1 aliphatic rings. The Morgan fingerprint density at radius 2 is 1.70 bits per heavy atom. The summed E-state index contributed by atoms with van der Waals surface area (Å²) in [6.45, 7) is 2.27. The number of hydrogen-bond donors (Lipinski definition) is 1. The lowest BCUT2D eigenvalue weighted by Crippen LogP contribution is -2.17. The van der Waals surface area contributed by atoms with Gasteiger partial charge in [0.2, 0.25) is 5.91 Å². The number of carbonyl (C=O) groups is 1. The van der Waals surface area contributed by atoms with Gasteiger partial charge in [-0.25, -0.2) is 0 Å². The minimum Gasteiger partial charge on any atom is -0.497 e. The summed E-state index contributed by atoms with van der Waals surface area (Å²) in [6, 6.07) is 15.7. The van der Waals surface area contributed by atoms with Gasteiger partial charge in [0.05, 0.1) is 13.5 Å². The van der Waals surface area contributed by atoms with E-state index in [1.54, 1.807) is 7.11 Å². The van der Waals surface area contributed by atoms with Crippen LogP contribution in [-0.4, -0.2) is 26.1 Å². The Morgan fingerprint density at radius 3 is 2.30 bits per heavy atom. The zero-order chi connectivity index (χ0) is 16.1. The molecule has 0 aromatic heterocycles. The topological polar surface area (TPSA) is 41.6 Å². The molecule has 4 heteroatoms. The molecule has 1 amide bonds. The highest BCUT2D eigenvalue weighted by Crippen LogP contribution is 2.21. The SMILES string of the molecule is COc1ccc(NC(=O)Cc2ccc(N3CCCC3)cc2)cc1. The number of ether oxygens (including phenoxy) is 1. The van der Waals surface area contributed by atoms with E-state index in [4.69, 9.17) is 4.74 Å². The molecule has 4 nitrogen and oxygen atoms in total. The van der Waals surface area contributed by atoms with Crippen LogP contribution in [0.5, 0.6) is 5.75 Å². The first-order chi connectivity index (χ1) is 11.2. The van der Waals surface area contributed by atoms with Gasteiger partial charge in [-0.2, -0.15) is 0 Å². The highest BCUT2D eigenvalue weighted by Gasteiger charge is 2.12. The predicted molar refractivity (Wildman–Crippen MR) is 93.2 cm³/mol. The number of amides is 1. The monoisotopic (exact) mass is 310 g/mol. The van der Waals surface area contributed by atoms with Crippen LogP contribution >= 0.6 is 0 Å². The molecule has 0 spiro atoms. The summed E-state index contributed by atoms with van der Waals surface area (Å²) in [4.78, 5) is 14.5. The summed E-state index contributed by atoms with van der Waals surface area (Å²) in [5, 5.41) is 2.91. The average molecular weight is 310 g/mol. The number of anilines is 2. The summed E-state index contributed by atoms with van der Waals surface area (Å²) >= 11 is 0. The maximum Gasteiger partial charge on any atom is 0.228 e. The van der Waals surface area contributed by atoms with E-state index < -0.39 is 0 Å². The van der Waals surface area contributed by atoms with Crippen molar-refractivity contribution in [2.75, 3.05) is 30.4 Å². The zero-order valence-corrected chi connectivity index (χ0v) is 13.4. The Labute approximate surface area is 137 Å². The molecule has 2 aromatic carbocycles. The number of hydrogen-bond acceptors (Lipinski definition) is 3. The maximum absolute atomic E-state index is 12.1. The van der Waals surface area contributed by atoms with Crippen LogP contribution in [0.25, 0.3) is 0 Å². The Bertz CT molecular complexity index is 644. The van der Waals surface area contributed by atoms with Crippen molar-refractivity contribution in [1.29, 1.82) is 0 Å². The number of nitrogens with one attached hydrogen (secondary N) is 1. The van der Waals surface area contributed by atoms with E-state index in [9.17, 15) is 4.79 Å². The van der Waals surface area contributed by atoms with E-state index in [1.807, 2.05) is 36.4 Å². The first-order valence-corrected chi connectivity index (χ1v) is 8.02. The molecule has 0 radical (unpaired) electrons. The Kier molecular flexibility index (Phi) is 4.81. The van der Waals surface area contributed by atoms with Crippen LogP contribution in [0.4, 0.5) is 11.4 Å². The van der Waals surface area contributed by atoms with Crippen LogP contribution in [0.15, 0.2) is 48.5 Å². The second-order valence-corrected chi connectivity index (χ2v) is 5.81. The van der Waals surface area contributed by atoms with Gasteiger partial charge in [0, 0.05) is 24.5 Å². The molecule has 120 valence electrons. The number of benzene rings is 2. The van der Waals surface area contributed by atoms with Gasteiger partial charge in [-0.05, 0) is 54.8 Å². The molecule has 0 aliphatic carbocycles. The fourth-order valence-corrected chi connectivity index (χ4v) is 2.86. The van der Waals surface area contributed by atoms with Crippen molar-refractivity contribution in [3.63, 3.8) is 0 Å². The molecule has 1 saturated heterocycles. The third kappa shape index (κ3) is 4.03. The number of rotatable bonds is 5. The third-order valence-electron chi connectivity index (χ3n) is 4.15. The Hall–Kier alpha value is -2.49. The summed E-state index contributed by atoms with van der Waals surface area (Å²) < 4.78 is 5.11. The van der Waals surface area contributed by atoms with Gasteiger partial charge in [-0.15, -0.1) is 0 Å². The van der Waals surface area contributed by atoms with Gasteiger partial charge in [-0.1, -0.05) is 12.1 Å². The second-order valence-electron chi connectivity index (χ2n) is 5.81. The molecule has 0 saturated carbocycles. The lowest BCUT2D eigenvalue weighted by atomic mass is 10.1. The highest BCUT2D eigenvalue weighted by atomic mass is 16.5. The van der Waals surface area contributed by atoms with Crippen LogP contribution in [0, 0.1) is 0 Å². The van der Waals surface area contributed by atoms with Crippen molar-refractivity contribution in [1.82, 2.24) is 0 Å². The smallest absolute Gasteiger partial charge is 0.228 e. The summed E-state index contributed by atoms with van der Waals surface area (Å²) in [5.41, 5.74) is 3.06. The molecule has 0 unspecified atom stereocenters. The largest absolute Gasteiger partial charge is 0.497 e. The lowest BCUT2D eigenvalue weighted by Gasteiger charge is -2.17. The molecular formula is C19H22N2O2. The lowest BCUT2D eigenvalue weighted by molar-refractivity contribution is -0.115. The first-order valence-electron chi connectivity index (χ1n) is 8.02. The summed E-state index contributed by atoms with van der Waals surface area (Å²) in [7, 11) is 1.62. The van der Waals surface area contributed by atoms with Crippen molar-refractivity contribution in [2.24, 2.45) is 0 Å². The predicted octanol–water partition coefficient (Wildman–Crippen LogP) is 3.48. The molecule has 0 bridgehead atoms. The van der Waals surface area contributed by atoms with Gasteiger partial charge < -0.3 is 15.0 Å². The van der Waals surface area contributed by atoms with Crippen molar-refractivity contribution in [3.05, 3.63) is 54.1 Å². The van der Waals surface area contributed by atoms with Gasteiger partial charge in [0.15, 0.2) is 0 Å². The molecule has 1 N–H and O–H groups in total. The molecule has 2 aromatic rings. The van der Waals surface area contributed by atoms with E-state index in [0.717, 1.165) is 30.1 Å². The van der Waals surface area contributed by atoms with Gasteiger partial charge in [-0.3, -0.25) is 4.79 Å². The quantitative estimate of drug-likeness (QED) is 0.919. The Balaban J connectivity index is 1.56. The molecule has 0 atom stereocenters. The molecule has 1 heterocycles. The first kappa shape index (κ1) is 15.4. The Morgan fingerprint density at radius 1 is 1.04 bits per heavy atom. The molecule has 1 aliphatic heterocycles. The summed E-state index contributed by atoms with van der Waals surface area (Å²) in [6.07, 6.45) is 2.92. The van der Waals surface area contributed by atoms with E-state index >= 15 is 0 Å². The standard InChI is InChI=1S/C19H22N2O2/c1-23-18-10-6-16(7-11-18)20-19(22)14-15-4-8-17(9-5-15)21-12-2-3-13-21/h4-11H,2-3,12-14H2,1H3,(H,20,22). The molecule has 1 fully saturated rings. The van der Waals surface area contributed by atoms with E-state index in [-0.39, 0.29) is 5.91 Å². The van der Waals surface area contributed by atoms with Crippen LogP contribution in [0.2, 0.25) is 0 Å². The minimum absolute atomic E-state index is 0.0101. The van der Waals surface area contributed by atoms with E-state index in [1.165, 1.54) is 18.5 Å². The molecular weight excluding hydrogens is 288 g/mol. The molecule has 3 rings (SSSR count). The second kappa shape index (κ2) is 7.18. The van der Waals surface area contributed by atoms with E-state index in [2.05, 4.69) is 22.3 Å². The number of methoxy groups -OCH3 is 1. The average Bonchev–Trinajstić information content (AvgIpc) is 3.11. The fraction of sp³-hybridized carbons (Fsp3) is 0.316. The van der Waals surface area contributed by atoms with Crippen LogP contribution in [0.3, 0.4) is 0 Å². The van der Waals surface area contributed by atoms with Crippen LogP contribution < -0.4 is 15.0 Å². The van der Waals surface area contributed by atoms with Crippen molar-refractivity contribution in [2.45, 2.75) is 19.3 Å². The third-order valence-corrected chi connectivity index (χ3v) is 4.15. The number of nitrogens with zero attached hydrogens (tertiary/aromatic N) is 1. The van der Waals surface area contributed by atoms with Crippen molar-refractivity contribution >= 4 is 17.3 Å². The van der Waals surface area contributed by atoms with Crippen LogP contribution in [-0.2, 0) is 11.2 Å². The van der Waals surface area contributed by atoms with Gasteiger partial charge in [0.25, 0.3) is 0 Å². The van der Waals surface area contributed by atoms with Crippen molar-refractivity contribution < 1.29 is 9.53 Å². The number of carbonyl (C=O) groups excluding carboxylic acids is 1.